The van der Waals surface area contributed by atoms with Crippen molar-refractivity contribution in [2.45, 2.75) is 24.6 Å². The molecule has 0 aliphatic heterocycles. The van der Waals surface area contributed by atoms with Crippen LogP contribution in [0.5, 0.6) is 0 Å². The first-order chi connectivity index (χ1) is 5.75. The maximum absolute atomic E-state index is 12.1. The number of halogens is 3. The Labute approximate surface area is 72.7 Å². The van der Waals surface area contributed by atoms with E-state index >= 15 is 0 Å². The van der Waals surface area contributed by atoms with Gasteiger partial charge in [0.05, 0.1) is 0 Å². The Morgan fingerprint density at radius 1 is 1.54 bits per heavy atom. The van der Waals surface area contributed by atoms with Gasteiger partial charge < -0.3 is 10.8 Å². The average Bonchev–Trinajstić information content (AvgIpc) is 1.97. The standard InChI is InChI=1S/C7H8F3NO2/c1-2-3-4-6(11,5(12)13)7(8,9)10/h1H,3-4,11H2,(H,12,13). The van der Waals surface area contributed by atoms with Gasteiger partial charge in [-0.2, -0.15) is 13.2 Å². The van der Waals surface area contributed by atoms with Gasteiger partial charge in [-0.25, -0.2) is 4.79 Å². The normalized spacial score (nSPS) is 15.9. The number of alkyl halides is 3. The van der Waals surface area contributed by atoms with E-state index in [4.69, 9.17) is 11.5 Å². The summed E-state index contributed by atoms with van der Waals surface area (Å²) in [6.07, 6.45) is -1.43. The molecule has 13 heavy (non-hydrogen) atoms. The number of hydrogen-bond donors (Lipinski definition) is 2. The molecule has 0 spiro atoms. The third kappa shape index (κ3) is 2.36. The fourth-order valence-electron chi connectivity index (χ4n) is 0.639. The average molecular weight is 195 g/mol. The van der Waals surface area contributed by atoms with Gasteiger partial charge >= 0.3 is 12.1 Å². The van der Waals surface area contributed by atoms with Crippen molar-refractivity contribution < 1.29 is 23.1 Å². The lowest BCUT2D eigenvalue weighted by Crippen LogP contribution is -2.59. The molecule has 0 amide bonds. The molecule has 0 aromatic rings. The highest BCUT2D eigenvalue weighted by Crippen LogP contribution is 2.32. The Kier molecular flexibility index (Phi) is 3.32. The summed E-state index contributed by atoms with van der Waals surface area (Å²) in [5.41, 5.74) is 1.45. The Balaban J connectivity index is 4.77. The number of terminal acetylenes is 1. The summed E-state index contributed by atoms with van der Waals surface area (Å²) in [4.78, 5) is 10.3. The van der Waals surface area contributed by atoms with Gasteiger partial charge in [-0.05, 0) is 6.42 Å². The van der Waals surface area contributed by atoms with Crippen LogP contribution in [0.15, 0.2) is 0 Å². The Morgan fingerprint density at radius 3 is 2.23 bits per heavy atom. The monoisotopic (exact) mass is 195 g/mol. The second-order valence-electron chi connectivity index (χ2n) is 2.48. The van der Waals surface area contributed by atoms with Crippen LogP contribution in [0.1, 0.15) is 12.8 Å². The second-order valence-corrected chi connectivity index (χ2v) is 2.48. The highest BCUT2D eigenvalue weighted by atomic mass is 19.4. The van der Waals surface area contributed by atoms with Gasteiger partial charge in [0.15, 0.2) is 0 Å². The molecular weight excluding hydrogens is 187 g/mol. The van der Waals surface area contributed by atoms with Crippen molar-refractivity contribution in [3.05, 3.63) is 0 Å². The van der Waals surface area contributed by atoms with E-state index in [0.717, 1.165) is 0 Å². The summed E-state index contributed by atoms with van der Waals surface area (Å²) in [6, 6.07) is 0. The predicted octanol–water partition coefficient (Wildman–Crippen LogP) is 0.744. The minimum absolute atomic E-state index is 0.331. The summed E-state index contributed by atoms with van der Waals surface area (Å²) in [5, 5.41) is 8.28. The molecule has 3 N–H and O–H groups in total. The van der Waals surface area contributed by atoms with E-state index < -0.39 is 24.1 Å². The van der Waals surface area contributed by atoms with Crippen molar-refractivity contribution >= 4 is 5.97 Å². The predicted molar refractivity (Wildman–Crippen MR) is 38.7 cm³/mol. The number of carboxylic acids is 1. The molecule has 0 saturated carbocycles. The van der Waals surface area contributed by atoms with Crippen LogP contribution in [0.25, 0.3) is 0 Å². The fraction of sp³-hybridized carbons (Fsp3) is 0.571. The lowest BCUT2D eigenvalue weighted by Gasteiger charge is -2.26. The second kappa shape index (κ2) is 3.66. The molecule has 0 aromatic heterocycles. The number of carbonyl (C=O) groups is 1. The van der Waals surface area contributed by atoms with Gasteiger partial charge in [-0.1, -0.05) is 0 Å². The van der Waals surface area contributed by atoms with Crippen LogP contribution in [-0.4, -0.2) is 22.8 Å². The minimum atomic E-state index is -4.99. The summed E-state index contributed by atoms with van der Waals surface area (Å²) in [5.74, 6) is -0.208. The zero-order valence-electron chi connectivity index (χ0n) is 6.56. The van der Waals surface area contributed by atoms with Crippen LogP contribution in [0.2, 0.25) is 0 Å². The van der Waals surface area contributed by atoms with Gasteiger partial charge in [0.2, 0.25) is 5.54 Å². The summed E-state index contributed by atoms with van der Waals surface area (Å²) in [6.45, 7) is 0. The number of aliphatic carboxylic acids is 1. The van der Waals surface area contributed by atoms with Crippen LogP contribution in [0.3, 0.4) is 0 Å². The van der Waals surface area contributed by atoms with Crippen molar-refractivity contribution in [1.29, 1.82) is 0 Å². The lowest BCUT2D eigenvalue weighted by atomic mass is 9.94. The van der Waals surface area contributed by atoms with E-state index in [9.17, 15) is 18.0 Å². The Morgan fingerprint density at radius 2 is 2.00 bits per heavy atom. The number of hydrogen-bond acceptors (Lipinski definition) is 2. The van der Waals surface area contributed by atoms with E-state index in [0.29, 0.717) is 0 Å². The van der Waals surface area contributed by atoms with Crippen LogP contribution in [0, 0.1) is 12.3 Å². The number of rotatable bonds is 3. The highest BCUT2D eigenvalue weighted by Gasteiger charge is 2.57. The van der Waals surface area contributed by atoms with Gasteiger partial charge in [0.25, 0.3) is 0 Å². The van der Waals surface area contributed by atoms with Crippen LogP contribution >= 0.6 is 0 Å². The maximum atomic E-state index is 12.1. The van der Waals surface area contributed by atoms with Crippen molar-refractivity contribution in [2.24, 2.45) is 5.73 Å². The summed E-state index contributed by atoms with van der Waals surface area (Å²) < 4.78 is 36.3. The molecule has 0 aromatic carbocycles. The molecular formula is C7H8F3NO2. The lowest BCUT2D eigenvalue weighted by molar-refractivity contribution is -0.203. The van der Waals surface area contributed by atoms with Crippen LogP contribution in [0.4, 0.5) is 13.2 Å². The first-order valence-electron chi connectivity index (χ1n) is 3.28. The van der Waals surface area contributed by atoms with Gasteiger partial charge in [0.1, 0.15) is 0 Å². The van der Waals surface area contributed by atoms with Gasteiger partial charge in [-0.3, -0.25) is 0 Å². The first-order valence-corrected chi connectivity index (χ1v) is 3.28. The van der Waals surface area contributed by atoms with Crippen molar-refractivity contribution in [3.63, 3.8) is 0 Å². The van der Waals surface area contributed by atoms with E-state index in [1.807, 2.05) is 5.92 Å². The smallest absolute Gasteiger partial charge is 0.417 e. The van der Waals surface area contributed by atoms with Gasteiger partial charge in [-0.15, -0.1) is 12.3 Å². The molecule has 0 bridgehead atoms. The summed E-state index contributed by atoms with van der Waals surface area (Å²) >= 11 is 0. The number of nitrogens with two attached hydrogens (primary N) is 1. The van der Waals surface area contributed by atoms with E-state index in [1.54, 1.807) is 0 Å². The molecule has 0 saturated heterocycles. The minimum Gasteiger partial charge on any atom is -0.480 e. The van der Waals surface area contributed by atoms with E-state index in [1.165, 1.54) is 0 Å². The summed E-state index contributed by atoms with van der Waals surface area (Å²) in [7, 11) is 0. The molecule has 1 atom stereocenters. The van der Waals surface area contributed by atoms with Crippen molar-refractivity contribution in [2.75, 3.05) is 0 Å². The topological polar surface area (TPSA) is 63.3 Å². The maximum Gasteiger partial charge on any atom is 0.417 e. The van der Waals surface area contributed by atoms with E-state index in [2.05, 4.69) is 5.73 Å². The van der Waals surface area contributed by atoms with Crippen molar-refractivity contribution in [1.82, 2.24) is 0 Å². The van der Waals surface area contributed by atoms with E-state index in [-0.39, 0.29) is 6.42 Å². The molecule has 1 unspecified atom stereocenters. The molecule has 3 nitrogen and oxygen atoms in total. The quantitative estimate of drug-likeness (QED) is 0.653. The third-order valence-electron chi connectivity index (χ3n) is 1.55. The third-order valence-corrected chi connectivity index (χ3v) is 1.55. The molecule has 0 aliphatic rings. The Hall–Kier alpha value is -1.22. The SMILES string of the molecule is C#CCCC(N)(C(=O)O)C(F)(F)F. The molecule has 0 aliphatic carbocycles. The molecule has 6 heteroatoms. The van der Waals surface area contributed by atoms with Gasteiger partial charge in [0, 0.05) is 6.42 Å². The fourth-order valence-corrected chi connectivity index (χ4v) is 0.639. The zero-order valence-corrected chi connectivity index (χ0v) is 6.56. The molecule has 74 valence electrons. The first kappa shape index (κ1) is 11.8. The molecule has 0 heterocycles. The zero-order chi connectivity index (χ0) is 10.7. The molecule has 0 fully saturated rings. The van der Waals surface area contributed by atoms with Crippen LogP contribution in [-0.2, 0) is 4.79 Å². The number of carboxylic acid groups (broad SMARTS) is 1. The largest absolute Gasteiger partial charge is 0.480 e. The van der Waals surface area contributed by atoms with Crippen LogP contribution < -0.4 is 5.73 Å². The Bertz CT molecular complexity index is 243. The molecule has 0 radical (unpaired) electrons. The highest BCUT2D eigenvalue weighted by molar-refractivity contribution is 5.79. The van der Waals surface area contributed by atoms with Crippen molar-refractivity contribution in [3.8, 4) is 12.3 Å². The molecule has 0 rings (SSSR count).